The molecule has 0 aliphatic carbocycles. The van der Waals surface area contributed by atoms with E-state index in [-0.39, 0.29) is 29.3 Å². The Bertz CT molecular complexity index is 584. The van der Waals surface area contributed by atoms with E-state index in [1.807, 2.05) is 0 Å². The third-order valence-corrected chi connectivity index (χ3v) is 2.61. The Morgan fingerprint density at radius 1 is 1.05 bits per heavy atom. The molecule has 2 rings (SSSR count). The lowest BCUT2D eigenvalue weighted by molar-refractivity contribution is -0.684. The van der Waals surface area contributed by atoms with Crippen LogP contribution in [0, 0.1) is 0 Å². The minimum absolute atomic E-state index is 0. The maximum Gasteiger partial charge on any atom is 0.422 e. The van der Waals surface area contributed by atoms with Crippen LogP contribution in [0.2, 0.25) is 0 Å². The van der Waals surface area contributed by atoms with Gasteiger partial charge in [-0.3, -0.25) is 4.79 Å². The van der Waals surface area contributed by atoms with Crippen molar-refractivity contribution in [3.05, 3.63) is 66.0 Å². The second-order valence-electron chi connectivity index (χ2n) is 4.05. The lowest BCUT2D eigenvalue weighted by Crippen LogP contribution is -3.00. The number of Topliss-reactive ketones (excluding diaryl/α,β-unsaturated/α-hetero) is 1. The molecule has 0 spiro atoms. The smallest absolute Gasteiger partial charge is 0.422 e. The SMILES string of the molecule is O=C(C[n+]1cccc(C(F)(F)F)c1)c1ccccc1.[Br-]. The van der Waals surface area contributed by atoms with Gasteiger partial charge in [-0.1, -0.05) is 30.3 Å². The van der Waals surface area contributed by atoms with Crippen molar-refractivity contribution in [3.63, 3.8) is 0 Å². The summed E-state index contributed by atoms with van der Waals surface area (Å²) in [6, 6.07) is 10.7. The van der Waals surface area contributed by atoms with Crippen LogP contribution in [0.15, 0.2) is 54.9 Å². The Morgan fingerprint density at radius 2 is 1.70 bits per heavy atom. The first-order chi connectivity index (χ1) is 8.97. The first-order valence-corrected chi connectivity index (χ1v) is 5.61. The number of carbonyl (C=O) groups excluding carboxylic acids is 1. The quantitative estimate of drug-likeness (QED) is 0.561. The second-order valence-corrected chi connectivity index (χ2v) is 4.05. The van der Waals surface area contributed by atoms with Crippen LogP contribution in [-0.4, -0.2) is 5.78 Å². The van der Waals surface area contributed by atoms with Crippen LogP contribution in [0.3, 0.4) is 0 Å². The number of nitrogens with zero attached hydrogens (tertiary/aromatic N) is 1. The van der Waals surface area contributed by atoms with Gasteiger partial charge in [0.2, 0.25) is 12.3 Å². The molecule has 1 aromatic heterocycles. The molecule has 0 saturated heterocycles. The molecule has 6 heteroatoms. The fraction of sp³-hybridized carbons (Fsp3) is 0.143. The van der Waals surface area contributed by atoms with Crippen LogP contribution in [-0.2, 0) is 12.7 Å². The van der Waals surface area contributed by atoms with Crippen molar-refractivity contribution < 1.29 is 39.5 Å². The summed E-state index contributed by atoms with van der Waals surface area (Å²) in [5.41, 5.74) is -0.289. The zero-order valence-corrected chi connectivity index (χ0v) is 11.9. The molecular formula is C14H11BrF3NO. The number of hydrogen-bond acceptors (Lipinski definition) is 1. The highest BCUT2D eigenvalue weighted by Crippen LogP contribution is 2.27. The summed E-state index contributed by atoms with van der Waals surface area (Å²) in [5, 5.41) is 0. The number of rotatable bonds is 3. The van der Waals surface area contributed by atoms with Gasteiger partial charge in [0.25, 0.3) is 0 Å². The van der Waals surface area contributed by atoms with Gasteiger partial charge in [0.15, 0.2) is 12.4 Å². The third kappa shape index (κ3) is 4.16. The number of aromatic nitrogens is 1. The molecule has 0 N–H and O–H groups in total. The van der Waals surface area contributed by atoms with Gasteiger partial charge in [-0.15, -0.1) is 0 Å². The molecule has 0 fully saturated rings. The van der Waals surface area contributed by atoms with Crippen molar-refractivity contribution in [2.24, 2.45) is 0 Å². The topological polar surface area (TPSA) is 20.9 Å². The van der Waals surface area contributed by atoms with Gasteiger partial charge in [-0.25, -0.2) is 0 Å². The summed E-state index contributed by atoms with van der Waals surface area (Å²) in [7, 11) is 0. The van der Waals surface area contributed by atoms with Crippen molar-refractivity contribution in [2.75, 3.05) is 0 Å². The summed E-state index contributed by atoms with van der Waals surface area (Å²) < 4.78 is 38.8. The van der Waals surface area contributed by atoms with E-state index in [0.29, 0.717) is 5.56 Å². The monoisotopic (exact) mass is 345 g/mol. The van der Waals surface area contributed by atoms with E-state index in [1.54, 1.807) is 30.3 Å². The molecule has 0 amide bonds. The van der Waals surface area contributed by atoms with Crippen LogP contribution in [0.25, 0.3) is 0 Å². The maximum atomic E-state index is 12.5. The number of pyridine rings is 1. The Morgan fingerprint density at radius 3 is 2.30 bits per heavy atom. The molecule has 1 aromatic carbocycles. The summed E-state index contributed by atoms with van der Waals surface area (Å²) in [6.45, 7) is -0.117. The van der Waals surface area contributed by atoms with Gasteiger partial charge in [-0.05, 0) is 6.07 Å². The van der Waals surface area contributed by atoms with E-state index in [0.717, 1.165) is 12.3 Å². The number of ketones is 1. The molecule has 20 heavy (non-hydrogen) atoms. The molecule has 0 radical (unpaired) electrons. The van der Waals surface area contributed by atoms with Gasteiger partial charge in [-0.2, -0.15) is 17.7 Å². The van der Waals surface area contributed by atoms with Crippen molar-refractivity contribution in [1.82, 2.24) is 0 Å². The molecule has 106 valence electrons. The average Bonchev–Trinajstić information content (AvgIpc) is 2.39. The molecular weight excluding hydrogens is 335 g/mol. The highest BCUT2D eigenvalue weighted by atomic mass is 79.9. The third-order valence-electron chi connectivity index (χ3n) is 2.61. The maximum absolute atomic E-state index is 12.5. The van der Waals surface area contributed by atoms with Crippen molar-refractivity contribution in [1.29, 1.82) is 0 Å². The lowest BCUT2D eigenvalue weighted by Gasteiger charge is -2.04. The fourth-order valence-corrected chi connectivity index (χ4v) is 1.67. The zero-order valence-electron chi connectivity index (χ0n) is 10.3. The van der Waals surface area contributed by atoms with Gasteiger partial charge in [0, 0.05) is 11.6 Å². The summed E-state index contributed by atoms with van der Waals surface area (Å²) >= 11 is 0. The van der Waals surface area contributed by atoms with Gasteiger partial charge >= 0.3 is 6.18 Å². The minimum Gasteiger partial charge on any atom is -1.00 e. The van der Waals surface area contributed by atoms with E-state index in [2.05, 4.69) is 0 Å². The average molecular weight is 346 g/mol. The van der Waals surface area contributed by atoms with E-state index in [4.69, 9.17) is 0 Å². The van der Waals surface area contributed by atoms with Crippen LogP contribution < -0.4 is 21.5 Å². The first-order valence-electron chi connectivity index (χ1n) is 5.61. The van der Waals surface area contributed by atoms with Gasteiger partial charge in [0.1, 0.15) is 5.56 Å². The molecule has 2 nitrogen and oxygen atoms in total. The number of benzene rings is 1. The fourth-order valence-electron chi connectivity index (χ4n) is 1.67. The Kier molecular flexibility index (Phi) is 5.44. The molecule has 0 unspecified atom stereocenters. The standard InChI is InChI=1S/C14H11F3NO.BrH/c15-14(16,17)12-7-4-8-18(9-12)10-13(19)11-5-2-1-3-6-11;/h1-9H,10H2;1H/q+1;/p-1. The number of carbonyl (C=O) groups is 1. The van der Waals surface area contributed by atoms with Crippen molar-refractivity contribution >= 4 is 5.78 Å². The molecule has 0 aliphatic heterocycles. The number of alkyl halides is 3. The Hall–Kier alpha value is -1.69. The second kappa shape index (κ2) is 6.65. The molecule has 0 saturated carbocycles. The van der Waals surface area contributed by atoms with Crippen molar-refractivity contribution in [3.8, 4) is 0 Å². The van der Waals surface area contributed by atoms with E-state index in [1.165, 1.54) is 16.8 Å². The molecule has 2 aromatic rings. The summed E-state index contributed by atoms with van der Waals surface area (Å²) in [6.07, 6.45) is -2.03. The van der Waals surface area contributed by atoms with Crippen LogP contribution in [0.1, 0.15) is 15.9 Å². The number of halogens is 4. The molecule has 0 bridgehead atoms. The normalized spacial score (nSPS) is 10.8. The molecule has 0 atom stereocenters. The Labute approximate surface area is 124 Å². The zero-order chi connectivity index (χ0) is 13.9. The Balaban J connectivity index is 0.00000200. The van der Waals surface area contributed by atoms with E-state index >= 15 is 0 Å². The highest BCUT2D eigenvalue weighted by molar-refractivity contribution is 5.94. The van der Waals surface area contributed by atoms with Crippen LogP contribution >= 0.6 is 0 Å². The lowest BCUT2D eigenvalue weighted by atomic mass is 10.1. The minimum atomic E-state index is -4.40. The summed E-state index contributed by atoms with van der Waals surface area (Å²) in [5.74, 6) is -0.232. The predicted octanol–water partition coefficient (Wildman–Crippen LogP) is -0.120. The summed E-state index contributed by atoms with van der Waals surface area (Å²) in [4.78, 5) is 11.9. The van der Waals surface area contributed by atoms with Gasteiger partial charge in [0.05, 0.1) is 0 Å². The highest BCUT2D eigenvalue weighted by Gasteiger charge is 2.33. The number of hydrogen-bond donors (Lipinski definition) is 0. The first kappa shape index (κ1) is 16.4. The van der Waals surface area contributed by atoms with E-state index < -0.39 is 11.7 Å². The van der Waals surface area contributed by atoms with Crippen LogP contribution in [0.5, 0.6) is 0 Å². The molecule has 1 heterocycles. The molecule has 0 aliphatic rings. The van der Waals surface area contributed by atoms with Crippen molar-refractivity contribution in [2.45, 2.75) is 12.7 Å². The van der Waals surface area contributed by atoms with Crippen LogP contribution in [0.4, 0.5) is 13.2 Å². The predicted molar refractivity (Wildman–Crippen MR) is 62.4 cm³/mol. The largest absolute Gasteiger partial charge is 1.00 e. The van der Waals surface area contributed by atoms with E-state index in [9.17, 15) is 18.0 Å². The van der Waals surface area contributed by atoms with Gasteiger partial charge < -0.3 is 17.0 Å².